The predicted molar refractivity (Wildman–Crippen MR) is 89.6 cm³/mol. The molecule has 0 aliphatic heterocycles. The lowest BCUT2D eigenvalue weighted by molar-refractivity contribution is -0.391. The summed E-state index contributed by atoms with van der Waals surface area (Å²) in [5.41, 5.74) is 0.141. The van der Waals surface area contributed by atoms with Gasteiger partial charge < -0.3 is 15.4 Å². The molecule has 0 aliphatic rings. The van der Waals surface area contributed by atoms with Gasteiger partial charge in [-0.2, -0.15) is 0 Å². The van der Waals surface area contributed by atoms with Crippen molar-refractivity contribution in [1.29, 1.82) is 0 Å². The van der Waals surface area contributed by atoms with Crippen LogP contribution in [0.15, 0.2) is 59.1 Å². The third-order valence-corrected chi connectivity index (χ3v) is 3.45. The molecule has 10 nitrogen and oxygen atoms in total. The van der Waals surface area contributed by atoms with Crippen molar-refractivity contribution in [2.75, 3.05) is 5.32 Å². The number of non-ortho nitro benzene ring substituents is 1. The molecule has 2 aromatic carbocycles. The number of rotatable bonds is 5. The number of benzene rings is 2. The Morgan fingerprint density at radius 3 is 2.19 bits per heavy atom. The first-order valence-corrected chi connectivity index (χ1v) is 7.22. The van der Waals surface area contributed by atoms with E-state index in [1.54, 1.807) is 30.3 Å². The number of hydrogen-bond donors (Lipinski definition) is 1. The van der Waals surface area contributed by atoms with Gasteiger partial charge >= 0.3 is 5.82 Å². The Hall–Kier alpha value is -4.08. The van der Waals surface area contributed by atoms with Crippen LogP contribution in [0.5, 0.6) is 0 Å². The molecule has 0 saturated heterocycles. The van der Waals surface area contributed by atoms with E-state index in [0.717, 1.165) is 0 Å². The number of nitrogens with one attached hydrogen (secondary N) is 1. The molecule has 0 atom stereocenters. The summed E-state index contributed by atoms with van der Waals surface area (Å²) in [7, 11) is 0. The van der Waals surface area contributed by atoms with E-state index in [9.17, 15) is 25.0 Å². The molecule has 0 fully saturated rings. The van der Waals surface area contributed by atoms with Crippen LogP contribution < -0.4 is 5.32 Å². The van der Waals surface area contributed by atoms with E-state index in [0.29, 0.717) is 5.69 Å². The Morgan fingerprint density at radius 2 is 1.62 bits per heavy atom. The first kappa shape index (κ1) is 16.8. The van der Waals surface area contributed by atoms with Crippen molar-refractivity contribution in [2.24, 2.45) is 0 Å². The number of nitrogens with zero attached hydrogens (tertiary/aromatic N) is 3. The van der Waals surface area contributed by atoms with E-state index in [-0.39, 0.29) is 22.6 Å². The third-order valence-electron chi connectivity index (χ3n) is 3.45. The monoisotopic (exact) mass is 354 g/mol. The minimum absolute atomic E-state index is 0.153. The second-order valence-electron chi connectivity index (χ2n) is 5.09. The van der Waals surface area contributed by atoms with Gasteiger partial charge in [-0.15, -0.1) is 0 Å². The fourth-order valence-corrected chi connectivity index (χ4v) is 2.26. The van der Waals surface area contributed by atoms with Crippen molar-refractivity contribution in [3.63, 3.8) is 0 Å². The van der Waals surface area contributed by atoms with Crippen molar-refractivity contribution in [3.05, 3.63) is 80.4 Å². The number of hydrogen-bond acceptors (Lipinski definition) is 7. The van der Waals surface area contributed by atoms with Crippen molar-refractivity contribution in [3.8, 4) is 11.3 Å². The molecule has 1 N–H and O–H groups in total. The molecule has 10 heteroatoms. The molecule has 0 unspecified atom stereocenters. The minimum atomic E-state index is -0.835. The summed E-state index contributed by atoms with van der Waals surface area (Å²) in [4.78, 5) is 33.0. The van der Waals surface area contributed by atoms with E-state index in [1.165, 1.54) is 24.3 Å². The van der Waals surface area contributed by atoms with Crippen LogP contribution in [0, 0.1) is 20.2 Å². The summed E-state index contributed by atoms with van der Waals surface area (Å²) in [5.74, 6) is -1.68. The highest BCUT2D eigenvalue weighted by molar-refractivity contribution is 6.10. The molecular weight excluding hydrogens is 344 g/mol. The maximum atomic E-state index is 12.5. The summed E-state index contributed by atoms with van der Waals surface area (Å²) >= 11 is 0. The Labute approximate surface area is 145 Å². The van der Waals surface area contributed by atoms with Gasteiger partial charge in [0.2, 0.25) is 5.76 Å². The van der Waals surface area contributed by atoms with Gasteiger partial charge in [0.25, 0.3) is 11.6 Å². The summed E-state index contributed by atoms with van der Waals surface area (Å²) < 4.78 is 4.98. The lowest BCUT2D eigenvalue weighted by Gasteiger charge is -2.04. The first-order valence-electron chi connectivity index (χ1n) is 7.22. The second kappa shape index (κ2) is 6.81. The van der Waals surface area contributed by atoms with Crippen LogP contribution in [-0.4, -0.2) is 20.9 Å². The van der Waals surface area contributed by atoms with E-state index in [4.69, 9.17) is 4.52 Å². The van der Waals surface area contributed by atoms with Crippen molar-refractivity contribution < 1.29 is 19.2 Å². The number of nitro groups is 2. The quantitative estimate of drug-likeness (QED) is 0.546. The second-order valence-corrected chi connectivity index (χ2v) is 5.09. The van der Waals surface area contributed by atoms with Crippen molar-refractivity contribution in [1.82, 2.24) is 5.16 Å². The number of anilines is 1. The average molecular weight is 354 g/mol. The van der Waals surface area contributed by atoms with Gasteiger partial charge in [0.05, 0.1) is 4.92 Å². The Bertz CT molecular complexity index is 982. The normalized spacial score (nSPS) is 10.3. The van der Waals surface area contributed by atoms with E-state index < -0.39 is 21.6 Å². The Kier molecular flexibility index (Phi) is 4.39. The van der Waals surface area contributed by atoms with Crippen LogP contribution in [0.4, 0.5) is 17.2 Å². The van der Waals surface area contributed by atoms with Gasteiger partial charge in [-0.1, -0.05) is 18.2 Å². The van der Waals surface area contributed by atoms with Gasteiger partial charge in [-0.25, -0.2) is 0 Å². The van der Waals surface area contributed by atoms with Crippen LogP contribution in [-0.2, 0) is 0 Å². The Morgan fingerprint density at radius 1 is 0.962 bits per heavy atom. The number of nitro benzene ring substituents is 1. The molecule has 0 spiro atoms. The molecule has 0 radical (unpaired) electrons. The highest BCUT2D eigenvalue weighted by atomic mass is 16.6. The smallest absolute Gasteiger partial charge is 0.358 e. The molecule has 3 aromatic rings. The molecule has 1 aromatic heterocycles. The zero-order valence-electron chi connectivity index (χ0n) is 13.0. The Balaban J connectivity index is 2.02. The first-order chi connectivity index (χ1) is 12.5. The zero-order chi connectivity index (χ0) is 18.7. The number of aromatic nitrogens is 1. The average Bonchev–Trinajstić information content (AvgIpc) is 3.08. The number of carbonyl (C=O) groups is 1. The highest BCUT2D eigenvalue weighted by Gasteiger charge is 2.33. The fraction of sp³-hybridized carbons (Fsp3) is 0. The minimum Gasteiger partial charge on any atom is -0.358 e. The van der Waals surface area contributed by atoms with Crippen LogP contribution >= 0.6 is 0 Å². The zero-order valence-corrected chi connectivity index (χ0v) is 13.0. The molecule has 1 amide bonds. The molecule has 1 heterocycles. The van der Waals surface area contributed by atoms with Crippen LogP contribution in [0.25, 0.3) is 11.3 Å². The van der Waals surface area contributed by atoms with E-state index >= 15 is 0 Å². The predicted octanol–water partition coefficient (Wildman–Crippen LogP) is 3.41. The number of para-hydroxylation sites is 1. The maximum absolute atomic E-state index is 12.5. The van der Waals surface area contributed by atoms with Crippen molar-refractivity contribution >= 4 is 23.1 Å². The summed E-state index contributed by atoms with van der Waals surface area (Å²) in [6.07, 6.45) is 0. The largest absolute Gasteiger partial charge is 0.427 e. The lowest BCUT2D eigenvalue weighted by atomic mass is 10.1. The van der Waals surface area contributed by atoms with Gasteiger partial charge in [-0.3, -0.25) is 19.4 Å². The SMILES string of the molecule is O=C(Nc1ccccc1)c1c([N+](=O)[O-])noc1-c1ccc([N+](=O)[O-])cc1. The molecule has 0 bridgehead atoms. The maximum Gasteiger partial charge on any atom is 0.427 e. The van der Waals surface area contributed by atoms with Crippen LogP contribution in [0.2, 0.25) is 0 Å². The van der Waals surface area contributed by atoms with Gasteiger partial charge in [0.1, 0.15) is 0 Å². The number of carbonyl (C=O) groups excluding carboxylic acids is 1. The molecule has 0 aliphatic carbocycles. The van der Waals surface area contributed by atoms with Gasteiger partial charge in [0, 0.05) is 23.4 Å². The van der Waals surface area contributed by atoms with Crippen LogP contribution in [0.1, 0.15) is 10.4 Å². The fourth-order valence-electron chi connectivity index (χ4n) is 2.26. The third kappa shape index (κ3) is 3.24. The topological polar surface area (TPSA) is 141 Å². The number of amides is 1. The van der Waals surface area contributed by atoms with E-state index in [2.05, 4.69) is 10.5 Å². The molecule has 130 valence electrons. The van der Waals surface area contributed by atoms with Crippen molar-refractivity contribution in [2.45, 2.75) is 0 Å². The highest BCUT2D eigenvalue weighted by Crippen LogP contribution is 2.32. The summed E-state index contributed by atoms with van der Waals surface area (Å²) in [6, 6.07) is 13.4. The molecular formula is C16H10N4O6. The van der Waals surface area contributed by atoms with Gasteiger partial charge in [0.15, 0.2) is 10.7 Å². The van der Waals surface area contributed by atoms with Crippen LogP contribution in [0.3, 0.4) is 0 Å². The van der Waals surface area contributed by atoms with E-state index in [1.807, 2.05) is 0 Å². The standard InChI is InChI=1S/C16H10N4O6/c21-16(17-11-4-2-1-3-5-11)13-14(26-18-15(13)20(24)25)10-6-8-12(9-7-10)19(22)23/h1-9H,(H,17,21). The van der Waals surface area contributed by atoms with Gasteiger partial charge in [-0.05, 0) is 29.2 Å². The molecule has 26 heavy (non-hydrogen) atoms. The summed E-state index contributed by atoms with van der Waals surface area (Å²) in [5, 5.41) is 27.8. The lowest BCUT2D eigenvalue weighted by Crippen LogP contribution is -2.14. The molecule has 0 saturated carbocycles. The molecule has 3 rings (SSSR count). The summed E-state index contributed by atoms with van der Waals surface area (Å²) in [6.45, 7) is 0.